The molecule has 0 N–H and O–H groups in total. The van der Waals surface area contributed by atoms with Crippen LogP contribution in [0.5, 0.6) is 5.75 Å². The molecule has 0 bridgehead atoms. The van der Waals surface area contributed by atoms with Gasteiger partial charge in [0.25, 0.3) is 11.5 Å². The van der Waals surface area contributed by atoms with Crippen LogP contribution in [0, 0.1) is 0 Å². The Morgan fingerprint density at radius 2 is 1.65 bits per heavy atom. The highest BCUT2D eigenvalue weighted by atomic mass is 16.5. The van der Waals surface area contributed by atoms with E-state index in [4.69, 9.17) is 14.2 Å². The summed E-state index contributed by atoms with van der Waals surface area (Å²) in [5.74, 6) is 0.458. The lowest BCUT2D eigenvalue weighted by molar-refractivity contribution is 0.0629. The molecular formula is C31H32N4O5. The van der Waals surface area contributed by atoms with Crippen molar-refractivity contribution in [2.45, 2.75) is 6.61 Å². The second-order valence-corrected chi connectivity index (χ2v) is 9.48. The quantitative estimate of drug-likeness (QED) is 0.250. The van der Waals surface area contributed by atoms with Crippen LogP contribution in [0.2, 0.25) is 0 Å². The maximum Gasteiger partial charge on any atom is 0.263 e. The van der Waals surface area contributed by atoms with Gasteiger partial charge in [0.2, 0.25) is 0 Å². The Morgan fingerprint density at radius 1 is 0.950 bits per heavy atom. The molecule has 3 aromatic heterocycles. The van der Waals surface area contributed by atoms with Crippen LogP contribution in [0.1, 0.15) is 15.9 Å². The Kier molecular flexibility index (Phi) is 8.23. The summed E-state index contributed by atoms with van der Waals surface area (Å²) in [5, 5.41) is 0. The number of imidazole rings is 1. The third-order valence-electron chi connectivity index (χ3n) is 6.88. The van der Waals surface area contributed by atoms with Crippen LogP contribution in [-0.2, 0) is 23.1 Å². The fourth-order valence-corrected chi connectivity index (χ4v) is 4.71. The molecule has 1 amide bonds. The lowest BCUT2D eigenvalue weighted by Crippen LogP contribution is -2.37. The highest BCUT2D eigenvalue weighted by molar-refractivity contribution is 6.08. The number of amides is 1. The first-order valence-electron chi connectivity index (χ1n) is 13.1. The molecule has 5 rings (SSSR count). The smallest absolute Gasteiger partial charge is 0.263 e. The molecule has 9 heteroatoms. The normalized spacial score (nSPS) is 11.3. The molecule has 0 aliphatic carbocycles. The molecule has 9 nitrogen and oxygen atoms in total. The summed E-state index contributed by atoms with van der Waals surface area (Å²) in [4.78, 5) is 34.1. The number of fused-ring (bicyclic) bond motifs is 3. The van der Waals surface area contributed by atoms with Crippen LogP contribution in [0.4, 0.5) is 0 Å². The number of aromatic nitrogens is 3. The average Bonchev–Trinajstić information content (AvgIpc) is 3.37. The number of hydrogen-bond donors (Lipinski definition) is 0. The molecule has 0 atom stereocenters. The van der Waals surface area contributed by atoms with Gasteiger partial charge in [-0.25, -0.2) is 4.98 Å². The third kappa shape index (κ3) is 5.47. The Morgan fingerprint density at radius 3 is 2.33 bits per heavy atom. The maximum atomic E-state index is 14.0. The van der Waals surface area contributed by atoms with Crippen molar-refractivity contribution >= 4 is 22.5 Å². The fourth-order valence-electron chi connectivity index (χ4n) is 4.71. The number of benzene rings is 2. The molecule has 5 aromatic rings. The van der Waals surface area contributed by atoms with Gasteiger partial charge < -0.3 is 23.7 Å². The number of carbonyl (C=O) groups excluding carboxylic acids is 1. The van der Waals surface area contributed by atoms with Crippen LogP contribution in [0.25, 0.3) is 27.7 Å². The lowest BCUT2D eigenvalue weighted by Gasteiger charge is -2.23. The van der Waals surface area contributed by atoms with Crippen molar-refractivity contribution in [1.29, 1.82) is 0 Å². The largest absolute Gasteiger partial charge is 0.489 e. The number of carbonyl (C=O) groups is 1. The first-order chi connectivity index (χ1) is 19.5. The fraction of sp³-hybridized carbons (Fsp3) is 0.258. The lowest BCUT2D eigenvalue weighted by atomic mass is 10.0. The van der Waals surface area contributed by atoms with Crippen LogP contribution < -0.4 is 10.3 Å². The summed E-state index contributed by atoms with van der Waals surface area (Å²) in [6.07, 6.45) is 3.38. The Balaban J connectivity index is 1.59. The summed E-state index contributed by atoms with van der Waals surface area (Å²) in [6, 6.07) is 20.8. The number of rotatable bonds is 11. The van der Waals surface area contributed by atoms with Crippen LogP contribution in [0.3, 0.4) is 0 Å². The molecule has 3 heterocycles. The Labute approximate surface area is 232 Å². The van der Waals surface area contributed by atoms with Crippen molar-refractivity contribution < 1.29 is 19.0 Å². The summed E-state index contributed by atoms with van der Waals surface area (Å²) in [7, 11) is 5.07. The molecule has 206 valence electrons. The summed E-state index contributed by atoms with van der Waals surface area (Å²) < 4.78 is 19.8. The third-order valence-corrected chi connectivity index (χ3v) is 6.88. The molecule has 0 fully saturated rings. The minimum absolute atomic E-state index is 0.228. The van der Waals surface area contributed by atoms with Gasteiger partial charge in [-0.15, -0.1) is 0 Å². The summed E-state index contributed by atoms with van der Waals surface area (Å²) in [5.41, 5.74) is 4.18. The van der Waals surface area contributed by atoms with Crippen molar-refractivity contribution in [1.82, 2.24) is 18.9 Å². The summed E-state index contributed by atoms with van der Waals surface area (Å²) in [6.45, 7) is 1.94. The number of aryl methyl sites for hydroxylation is 1. The van der Waals surface area contributed by atoms with Gasteiger partial charge in [-0.3, -0.25) is 14.0 Å². The van der Waals surface area contributed by atoms with Crippen molar-refractivity contribution in [3.63, 3.8) is 0 Å². The van der Waals surface area contributed by atoms with E-state index in [-0.39, 0.29) is 11.5 Å². The molecule has 40 heavy (non-hydrogen) atoms. The van der Waals surface area contributed by atoms with Gasteiger partial charge in [-0.05, 0) is 35.4 Å². The van der Waals surface area contributed by atoms with E-state index in [1.165, 1.54) is 4.40 Å². The zero-order valence-corrected chi connectivity index (χ0v) is 22.9. The van der Waals surface area contributed by atoms with E-state index >= 15 is 0 Å². The zero-order chi connectivity index (χ0) is 28.1. The molecule has 2 aromatic carbocycles. The minimum atomic E-state index is -0.239. The van der Waals surface area contributed by atoms with Crippen LogP contribution >= 0.6 is 0 Å². The first kappa shape index (κ1) is 27.1. The number of methoxy groups -OCH3 is 2. The first-order valence-corrected chi connectivity index (χ1v) is 13.1. The highest BCUT2D eigenvalue weighted by Gasteiger charge is 2.24. The SMILES string of the molecule is COCCN(CCOC)C(=O)c1cc(-c2ccc(OCc3ccccc3)cc2)c(=O)n2ccc3c(ncn3C)c12. The molecular weight excluding hydrogens is 508 g/mol. The molecule has 0 spiro atoms. The molecule has 0 aliphatic heterocycles. The standard InChI is InChI=1S/C31H32N4O5/c1-33-21-32-28-27(33)13-14-35-29(28)26(30(36)34(15-17-38-2)16-18-39-3)19-25(31(35)37)23-9-11-24(12-10-23)40-20-22-7-5-4-6-8-22/h4-14,19,21H,15-18,20H2,1-3H3. The monoisotopic (exact) mass is 540 g/mol. The van der Waals surface area contributed by atoms with Gasteiger partial charge in [-0.2, -0.15) is 0 Å². The van der Waals surface area contributed by atoms with Crippen LogP contribution in [-0.4, -0.2) is 65.3 Å². The van der Waals surface area contributed by atoms with Crippen molar-refractivity contribution in [2.24, 2.45) is 7.05 Å². The maximum absolute atomic E-state index is 14.0. The second kappa shape index (κ2) is 12.1. The van der Waals surface area contributed by atoms with E-state index in [9.17, 15) is 9.59 Å². The molecule has 0 unspecified atom stereocenters. The van der Waals surface area contributed by atoms with E-state index in [2.05, 4.69) is 4.98 Å². The van der Waals surface area contributed by atoms with Gasteiger partial charge >= 0.3 is 0 Å². The van der Waals surface area contributed by atoms with Crippen molar-refractivity contribution in [2.75, 3.05) is 40.5 Å². The number of ether oxygens (including phenoxy) is 3. The Hall–Kier alpha value is -4.47. The highest BCUT2D eigenvalue weighted by Crippen LogP contribution is 2.27. The Bertz CT molecular complexity index is 1670. The minimum Gasteiger partial charge on any atom is -0.489 e. The van der Waals surface area contributed by atoms with Gasteiger partial charge in [-0.1, -0.05) is 42.5 Å². The van der Waals surface area contributed by atoms with Gasteiger partial charge in [0, 0.05) is 46.1 Å². The van der Waals surface area contributed by atoms with Gasteiger partial charge in [0.15, 0.2) is 0 Å². The number of hydrogen-bond acceptors (Lipinski definition) is 6. The predicted molar refractivity (Wildman–Crippen MR) is 154 cm³/mol. The van der Waals surface area contributed by atoms with E-state index in [1.54, 1.807) is 37.7 Å². The van der Waals surface area contributed by atoms with Crippen molar-refractivity contribution in [3.8, 4) is 16.9 Å². The van der Waals surface area contributed by atoms with E-state index in [0.29, 0.717) is 66.4 Å². The van der Waals surface area contributed by atoms with E-state index in [1.807, 2.05) is 72.3 Å². The predicted octanol–water partition coefficient (Wildman–Crippen LogP) is 4.17. The molecule has 0 saturated heterocycles. The van der Waals surface area contributed by atoms with E-state index < -0.39 is 0 Å². The summed E-state index contributed by atoms with van der Waals surface area (Å²) >= 11 is 0. The average molecular weight is 541 g/mol. The van der Waals surface area contributed by atoms with Gasteiger partial charge in [0.1, 0.15) is 17.9 Å². The molecule has 0 saturated carbocycles. The number of pyridine rings is 2. The number of nitrogens with zero attached hydrogens (tertiary/aromatic N) is 4. The second-order valence-electron chi connectivity index (χ2n) is 9.48. The topological polar surface area (TPSA) is 87.3 Å². The molecule has 0 radical (unpaired) electrons. The van der Waals surface area contributed by atoms with Crippen LogP contribution in [0.15, 0.2) is 84.0 Å². The van der Waals surface area contributed by atoms with E-state index in [0.717, 1.165) is 11.1 Å². The van der Waals surface area contributed by atoms with Crippen molar-refractivity contribution in [3.05, 3.63) is 101 Å². The molecule has 0 aliphatic rings. The zero-order valence-electron chi connectivity index (χ0n) is 22.9. The van der Waals surface area contributed by atoms with Gasteiger partial charge in [0.05, 0.1) is 36.1 Å².